The zero-order valence-electron chi connectivity index (χ0n) is 8.52. The number of rotatable bonds is 4. The molecule has 0 aliphatic heterocycles. The lowest BCUT2D eigenvalue weighted by atomic mass is 10.1. The molecule has 17 heavy (non-hydrogen) atoms. The highest BCUT2D eigenvalue weighted by atomic mass is 32.2. The van der Waals surface area contributed by atoms with Crippen molar-refractivity contribution in [1.82, 2.24) is 0 Å². The molecule has 0 aliphatic carbocycles. The molecule has 0 unspecified atom stereocenters. The zero-order chi connectivity index (χ0) is 13.1. The van der Waals surface area contributed by atoms with E-state index in [-0.39, 0.29) is 11.1 Å². The van der Waals surface area contributed by atoms with Crippen LogP contribution in [0.5, 0.6) is 0 Å². The van der Waals surface area contributed by atoms with E-state index in [1.807, 2.05) is 0 Å². The minimum atomic E-state index is -4.48. The molecule has 94 valence electrons. The van der Waals surface area contributed by atoms with Crippen LogP contribution in [-0.4, -0.2) is 31.7 Å². The second kappa shape index (κ2) is 4.96. The van der Waals surface area contributed by atoms with E-state index >= 15 is 0 Å². The maximum absolute atomic E-state index is 10.7. The second-order valence-corrected chi connectivity index (χ2v) is 5.97. The Morgan fingerprint density at radius 3 is 2.00 bits per heavy atom. The maximum atomic E-state index is 10.7. The van der Waals surface area contributed by atoms with E-state index in [1.54, 1.807) is 18.2 Å². The van der Waals surface area contributed by atoms with Crippen LogP contribution in [0.4, 0.5) is 0 Å². The Labute approximate surface area is 99.1 Å². The molecule has 0 spiro atoms. The van der Waals surface area contributed by atoms with Gasteiger partial charge in [0.15, 0.2) is 0 Å². The molecule has 0 amide bonds. The van der Waals surface area contributed by atoms with Gasteiger partial charge in [-0.05, 0) is 11.1 Å². The summed E-state index contributed by atoms with van der Waals surface area (Å²) in [6.07, 6.45) is 0. The molecule has 1 rings (SSSR count). The van der Waals surface area contributed by atoms with E-state index in [4.69, 9.17) is 9.11 Å². The van der Waals surface area contributed by atoms with Crippen LogP contribution in [0.25, 0.3) is 5.57 Å². The van der Waals surface area contributed by atoms with Gasteiger partial charge < -0.3 is 0 Å². The number of benzene rings is 1. The third kappa shape index (κ3) is 5.59. The third-order valence-corrected chi connectivity index (χ3v) is 3.03. The lowest BCUT2D eigenvalue weighted by Gasteiger charge is -2.04. The molecule has 0 aromatic heterocycles. The molecule has 2 N–H and O–H groups in total. The summed E-state index contributed by atoms with van der Waals surface area (Å²) in [5, 5.41) is 0.399. The first-order valence-electron chi connectivity index (χ1n) is 4.36. The monoisotopic (exact) mass is 278 g/mol. The van der Waals surface area contributed by atoms with Gasteiger partial charge in [-0.25, -0.2) is 0 Å². The van der Waals surface area contributed by atoms with Crippen molar-refractivity contribution in [3.05, 3.63) is 41.3 Å². The molecule has 8 heteroatoms. The average Bonchev–Trinajstić information content (AvgIpc) is 2.14. The van der Waals surface area contributed by atoms with Crippen LogP contribution in [0, 0.1) is 0 Å². The first-order chi connectivity index (χ1) is 7.67. The summed E-state index contributed by atoms with van der Waals surface area (Å²) in [7, 11) is -8.87. The smallest absolute Gasteiger partial charge is 0.285 e. The molecule has 6 nitrogen and oxygen atoms in total. The van der Waals surface area contributed by atoms with Crippen molar-refractivity contribution in [2.24, 2.45) is 0 Å². The van der Waals surface area contributed by atoms with Crippen molar-refractivity contribution in [1.29, 1.82) is 0 Å². The van der Waals surface area contributed by atoms with Gasteiger partial charge in [0.2, 0.25) is 0 Å². The maximum Gasteiger partial charge on any atom is 0.287 e. The fourth-order valence-electron chi connectivity index (χ4n) is 1.21. The molecule has 1 aromatic carbocycles. The molecule has 0 atom stereocenters. The van der Waals surface area contributed by atoms with Crippen LogP contribution in [0.1, 0.15) is 5.56 Å². The SMILES string of the molecule is O=S(=O)(O)C=C(CS(=O)(=O)O)c1ccccc1. The molecule has 0 fully saturated rings. The standard InChI is InChI=1S/C9H10O6S2/c10-16(11,12)6-9(7-17(13,14)15)8-4-2-1-3-5-8/h1-6H,7H2,(H,10,11,12)(H,13,14,15). The highest BCUT2D eigenvalue weighted by molar-refractivity contribution is 7.89. The van der Waals surface area contributed by atoms with E-state index in [2.05, 4.69) is 0 Å². The van der Waals surface area contributed by atoms with E-state index in [0.717, 1.165) is 0 Å². The molecule has 0 radical (unpaired) electrons. The Balaban J connectivity index is 3.27. The van der Waals surface area contributed by atoms with Crippen molar-refractivity contribution < 1.29 is 25.9 Å². The molecule has 0 heterocycles. The van der Waals surface area contributed by atoms with Crippen molar-refractivity contribution in [2.45, 2.75) is 0 Å². The van der Waals surface area contributed by atoms with Gasteiger partial charge in [-0.15, -0.1) is 0 Å². The summed E-state index contributed by atoms with van der Waals surface area (Å²) in [6.45, 7) is 0. The van der Waals surface area contributed by atoms with Crippen molar-refractivity contribution >= 4 is 25.8 Å². The number of hydrogen-bond donors (Lipinski definition) is 2. The van der Waals surface area contributed by atoms with Crippen LogP contribution >= 0.6 is 0 Å². The Hall–Kier alpha value is -1.22. The van der Waals surface area contributed by atoms with Gasteiger partial charge >= 0.3 is 0 Å². The first kappa shape index (κ1) is 13.8. The predicted octanol–water partition coefficient (Wildman–Crippen LogP) is 0.803. The van der Waals surface area contributed by atoms with Crippen molar-refractivity contribution in [3.63, 3.8) is 0 Å². The van der Waals surface area contributed by atoms with Gasteiger partial charge in [-0.1, -0.05) is 30.3 Å². The molecular weight excluding hydrogens is 268 g/mol. The lowest BCUT2D eigenvalue weighted by Crippen LogP contribution is -2.07. The Morgan fingerprint density at radius 2 is 1.59 bits per heavy atom. The fourth-order valence-corrected chi connectivity index (χ4v) is 2.54. The van der Waals surface area contributed by atoms with Gasteiger partial charge in [-0.2, -0.15) is 16.8 Å². The average molecular weight is 278 g/mol. The Morgan fingerprint density at radius 1 is 1.06 bits per heavy atom. The van der Waals surface area contributed by atoms with Gasteiger partial charge in [-0.3, -0.25) is 9.11 Å². The van der Waals surface area contributed by atoms with Crippen LogP contribution in [-0.2, 0) is 20.2 Å². The molecular formula is C9H10O6S2. The van der Waals surface area contributed by atoms with E-state index < -0.39 is 26.0 Å². The van der Waals surface area contributed by atoms with Crippen molar-refractivity contribution in [3.8, 4) is 0 Å². The normalized spacial score (nSPS) is 13.6. The first-order valence-corrected chi connectivity index (χ1v) is 7.47. The van der Waals surface area contributed by atoms with Crippen LogP contribution in [0.3, 0.4) is 0 Å². The molecule has 1 aromatic rings. The summed E-state index contributed by atoms with van der Waals surface area (Å²) in [4.78, 5) is 0. The highest BCUT2D eigenvalue weighted by Crippen LogP contribution is 2.17. The summed E-state index contributed by atoms with van der Waals surface area (Å²) in [5.74, 6) is -0.892. The largest absolute Gasteiger partial charge is 0.287 e. The van der Waals surface area contributed by atoms with Crippen LogP contribution in [0.2, 0.25) is 0 Å². The van der Waals surface area contributed by atoms with Gasteiger partial charge in [0.1, 0.15) is 5.75 Å². The second-order valence-electron chi connectivity index (χ2n) is 3.25. The van der Waals surface area contributed by atoms with Crippen LogP contribution in [0.15, 0.2) is 35.7 Å². The van der Waals surface area contributed by atoms with Gasteiger partial charge in [0.05, 0.1) is 5.41 Å². The summed E-state index contributed by atoms with van der Waals surface area (Å²) in [6, 6.07) is 7.71. The summed E-state index contributed by atoms with van der Waals surface area (Å²) >= 11 is 0. The fraction of sp³-hybridized carbons (Fsp3) is 0.111. The predicted molar refractivity (Wildman–Crippen MR) is 62.4 cm³/mol. The minimum Gasteiger partial charge on any atom is -0.285 e. The highest BCUT2D eigenvalue weighted by Gasteiger charge is 2.14. The van der Waals surface area contributed by atoms with E-state index in [0.29, 0.717) is 5.41 Å². The molecule has 0 saturated heterocycles. The molecule has 0 saturated carbocycles. The molecule has 0 aliphatic rings. The quantitative estimate of drug-likeness (QED) is 0.789. The lowest BCUT2D eigenvalue weighted by molar-refractivity contribution is 0.487. The Bertz CT molecular complexity index is 613. The third-order valence-electron chi connectivity index (χ3n) is 1.77. The van der Waals surface area contributed by atoms with E-state index in [1.165, 1.54) is 12.1 Å². The minimum absolute atomic E-state index is 0.212. The summed E-state index contributed by atoms with van der Waals surface area (Å²) in [5.41, 5.74) is 0.0679. The van der Waals surface area contributed by atoms with Gasteiger partial charge in [0.25, 0.3) is 20.2 Å². The summed E-state index contributed by atoms with van der Waals surface area (Å²) < 4.78 is 60.3. The number of hydrogen-bond acceptors (Lipinski definition) is 4. The van der Waals surface area contributed by atoms with Gasteiger partial charge in [0, 0.05) is 0 Å². The van der Waals surface area contributed by atoms with Crippen molar-refractivity contribution in [2.75, 3.05) is 5.75 Å². The zero-order valence-corrected chi connectivity index (χ0v) is 10.1. The molecule has 0 bridgehead atoms. The van der Waals surface area contributed by atoms with Crippen LogP contribution < -0.4 is 0 Å². The van der Waals surface area contributed by atoms with E-state index in [9.17, 15) is 16.8 Å². The topological polar surface area (TPSA) is 109 Å². The Kier molecular flexibility index (Phi) is 4.04.